The molecule has 2 heterocycles. The van der Waals surface area contributed by atoms with Crippen molar-refractivity contribution >= 4 is 15.9 Å². The van der Waals surface area contributed by atoms with Gasteiger partial charge in [-0.05, 0) is 55.5 Å². The maximum absolute atomic E-state index is 13.1. The zero-order valence-electron chi connectivity index (χ0n) is 19.0. The van der Waals surface area contributed by atoms with E-state index in [1.54, 1.807) is 31.4 Å². The second-order valence-electron chi connectivity index (χ2n) is 8.85. The molecular formula is C25H32N2O5S. The van der Waals surface area contributed by atoms with Crippen molar-refractivity contribution in [1.82, 2.24) is 9.62 Å². The standard InChI is InChI=1S/C25H32N2O5S/c1-31-22-9-11-23(12-10-22)33(29,30)27-15-5-6-20(18-27)24(28)26-19-25(13-16-32-17-14-25)21-7-3-2-4-8-21/h2-4,7-12,20H,5-6,13-19H2,1H3,(H,26,28)/t20-/m0/s1. The third-order valence-electron chi connectivity index (χ3n) is 6.89. The average molecular weight is 473 g/mol. The summed E-state index contributed by atoms with van der Waals surface area (Å²) in [6.45, 7) is 2.48. The van der Waals surface area contributed by atoms with Gasteiger partial charge < -0.3 is 14.8 Å². The lowest BCUT2D eigenvalue weighted by Crippen LogP contribution is -2.49. The highest BCUT2D eigenvalue weighted by Gasteiger charge is 2.37. The van der Waals surface area contributed by atoms with E-state index in [9.17, 15) is 13.2 Å². The van der Waals surface area contributed by atoms with Crippen molar-refractivity contribution in [2.45, 2.75) is 36.0 Å². The van der Waals surface area contributed by atoms with Crippen LogP contribution in [0.25, 0.3) is 0 Å². The summed E-state index contributed by atoms with van der Waals surface area (Å²) in [6.07, 6.45) is 3.03. The number of ether oxygens (including phenoxy) is 2. The van der Waals surface area contributed by atoms with Crippen LogP contribution < -0.4 is 10.1 Å². The molecule has 0 aliphatic carbocycles. The number of sulfonamides is 1. The van der Waals surface area contributed by atoms with E-state index >= 15 is 0 Å². The van der Waals surface area contributed by atoms with Crippen molar-refractivity contribution in [1.29, 1.82) is 0 Å². The number of rotatable bonds is 7. The third kappa shape index (κ3) is 5.23. The quantitative estimate of drug-likeness (QED) is 0.670. The van der Waals surface area contributed by atoms with Gasteiger partial charge >= 0.3 is 0 Å². The first-order valence-electron chi connectivity index (χ1n) is 11.5. The first kappa shape index (κ1) is 23.7. The van der Waals surface area contributed by atoms with Gasteiger partial charge in [0.25, 0.3) is 0 Å². The van der Waals surface area contributed by atoms with E-state index in [4.69, 9.17) is 9.47 Å². The van der Waals surface area contributed by atoms with Gasteiger partial charge in [0.15, 0.2) is 0 Å². The third-order valence-corrected chi connectivity index (χ3v) is 8.77. The van der Waals surface area contributed by atoms with Crippen molar-refractivity contribution < 1.29 is 22.7 Å². The van der Waals surface area contributed by atoms with Gasteiger partial charge in [-0.2, -0.15) is 4.31 Å². The monoisotopic (exact) mass is 472 g/mol. The molecule has 7 nitrogen and oxygen atoms in total. The van der Waals surface area contributed by atoms with Gasteiger partial charge in [-0.1, -0.05) is 30.3 Å². The first-order valence-corrected chi connectivity index (χ1v) is 12.9. The fraction of sp³-hybridized carbons (Fsp3) is 0.480. The number of nitrogens with zero attached hydrogens (tertiary/aromatic N) is 1. The van der Waals surface area contributed by atoms with Crippen LogP contribution in [0.15, 0.2) is 59.5 Å². The zero-order valence-corrected chi connectivity index (χ0v) is 19.9. The van der Waals surface area contributed by atoms with Crippen molar-refractivity contribution in [3.05, 3.63) is 60.2 Å². The molecule has 2 aliphatic heterocycles. The number of hydrogen-bond acceptors (Lipinski definition) is 5. The van der Waals surface area contributed by atoms with Gasteiger partial charge in [0.1, 0.15) is 5.75 Å². The number of benzene rings is 2. The second kappa shape index (κ2) is 10.2. The maximum Gasteiger partial charge on any atom is 0.243 e. The predicted octanol–water partition coefficient (Wildman–Crippen LogP) is 2.96. The highest BCUT2D eigenvalue weighted by Crippen LogP contribution is 2.34. The molecule has 4 rings (SSSR count). The number of carbonyl (C=O) groups is 1. The van der Waals surface area contributed by atoms with Crippen LogP contribution in [0.3, 0.4) is 0 Å². The summed E-state index contributed by atoms with van der Waals surface area (Å²) in [7, 11) is -2.12. The largest absolute Gasteiger partial charge is 0.497 e. The number of methoxy groups -OCH3 is 1. The van der Waals surface area contributed by atoms with E-state index < -0.39 is 10.0 Å². The smallest absolute Gasteiger partial charge is 0.243 e. The molecular weight excluding hydrogens is 440 g/mol. The van der Waals surface area contributed by atoms with Crippen LogP contribution in [0.2, 0.25) is 0 Å². The normalized spacial score (nSPS) is 21.3. The Hall–Kier alpha value is -2.42. The van der Waals surface area contributed by atoms with Crippen molar-refractivity contribution in [3.63, 3.8) is 0 Å². The van der Waals surface area contributed by atoms with Gasteiger partial charge in [-0.3, -0.25) is 4.79 Å². The highest BCUT2D eigenvalue weighted by atomic mass is 32.2. The molecule has 0 radical (unpaired) electrons. The lowest BCUT2D eigenvalue weighted by atomic mass is 9.74. The lowest BCUT2D eigenvalue weighted by Gasteiger charge is -2.38. The topological polar surface area (TPSA) is 84.9 Å². The fourth-order valence-electron chi connectivity index (χ4n) is 4.79. The van der Waals surface area contributed by atoms with Crippen LogP contribution in [0, 0.1) is 5.92 Å². The number of piperidine rings is 1. The van der Waals surface area contributed by atoms with Gasteiger partial charge in [0, 0.05) is 38.3 Å². The number of carbonyl (C=O) groups excluding carboxylic acids is 1. The number of hydrogen-bond donors (Lipinski definition) is 1. The Balaban J connectivity index is 1.43. The maximum atomic E-state index is 13.1. The van der Waals surface area contributed by atoms with Crippen molar-refractivity contribution in [2.75, 3.05) is 40.0 Å². The zero-order chi connectivity index (χ0) is 23.3. The summed E-state index contributed by atoms with van der Waals surface area (Å²) >= 11 is 0. The summed E-state index contributed by atoms with van der Waals surface area (Å²) in [6, 6.07) is 16.6. The Kier molecular flexibility index (Phi) is 7.36. The molecule has 178 valence electrons. The first-order chi connectivity index (χ1) is 15.9. The number of amides is 1. The number of nitrogens with one attached hydrogen (secondary N) is 1. The Bertz CT molecular complexity index is 1030. The van der Waals surface area contributed by atoms with E-state index in [0.29, 0.717) is 44.9 Å². The Labute approximate surface area is 196 Å². The van der Waals surface area contributed by atoms with E-state index in [2.05, 4.69) is 17.4 Å². The summed E-state index contributed by atoms with van der Waals surface area (Å²) in [5.74, 6) is 0.163. The van der Waals surface area contributed by atoms with E-state index in [-0.39, 0.29) is 28.7 Å². The van der Waals surface area contributed by atoms with Gasteiger partial charge in [-0.15, -0.1) is 0 Å². The predicted molar refractivity (Wildman–Crippen MR) is 126 cm³/mol. The minimum absolute atomic E-state index is 0.0774. The van der Waals surface area contributed by atoms with Crippen LogP contribution >= 0.6 is 0 Å². The molecule has 1 N–H and O–H groups in total. The molecule has 2 fully saturated rings. The average Bonchev–Trinajstić information content (AvgIpc) is 2.88. The summed E-state index contributed by atoms with van der Waals surface area (Å²) in [5.41, 5.74) is 1.06. The molecule has 0 unspecified atom stereocenters. The molecule has 0 saturated carbocycles. The summed E-state index contributed by atoms with van der Waals surface area (Å²) in [4.78, 5) is 13.3. The SMILES string of the molecule is COc1ccc(S(=O)(=O)N2CCC[C@H](C(=O)NCC3(c4ccccc4)CCOCC3)C2)cc1. The van der Waals surface area contributed by atoms with Crippen LogP contribution in [0.1, 0.15) is 31.2 Å². The molecule has 0 aromatic heterocycles. The van der Waals surface area contributed by atoms with Crippen LogP contribution in [-0.4, -0.2) is 58.6 Å². The lowest BCUT2D eigenvalue weighted by molar-refractivity contribution is -0.126. The molecule has 2 saturated heterocycles. The fourth-order valence-corrected chi connectivity index (χ4v) is 6.32. The summed E-state index contributed by atoms with van der Waals surface area (Å²) in [5, 5.41) is 3.16. The second-order valence-corrected chi connectivity index (χ2v) is 10.8. The Morgan fingerprint density at radius 3 is 2.48 bits per heavy atom. The van der Waals surface area contributed by atoms with Crippen molar-refractivity contribution in [2.24, 2.45) is 5.92 Å². The van der Waals surface area contributed by atoms with Gasteiger partial charge in [-0.25, -0.2) is 8.42 Å². The van der Waals surface area contributed by atoms with E-state index in [0.717, 1.165) is 12.8 Å². The molecule has 8 heteroatoms. The van der Waals surface area contributed by atoms with E-state index in [1.165, 1.54) is 9.87 Å². The Morgan fingerprint density at radius 2 is 1.82 bits per heavy atom. The van der Waals surface area contributed by atoms with Crippen LogP contribution in [0.4, 0.5) is 0 Å². The van der Waals surface area contributed by atoms with Gasteiger partial charge in [0.2, 0.25) is 15.9 Å². The molecule has 33 heavy (non-hydrogen) atoms. The highest BCUT2D eigenvalue weighted by molar-refractivity contribution is 7.89. The van der Waals surface area contributed by atoms with E-state index in [1.807, 2.05) is 18.2 Å². The van der Waals surface area contributed by atoms with Crippen LogP contribution in [0.5, 0.6) is 5.75 Å². The molecule has 2 aromatic carbocycles. The molecule has 0 bridgehead atoms. The minimum Gasteiger partial charge on any atom is -0.497 e. The summed E-state index contributed by atoms with van der Waals surface area (Å²) < 4.78 is 38.4. The molecule has 2 aromatic rings. The van der Waals surface area contributed by atoms with Crippen LogP contribution in [-0.2, 0) is 25.0 Å². The van der Waals surface area contributed by atoms with Gasteiger partial charge in [0.05, 0.1) is 17.9 Å². The Morgan fingerprint density at radius 1 is 1.12 bits per heavy atom. The molecule has 1 atom stereocenters. The van der Waals surface area contributed by atoms with Crippen molar-refractivity contribution in [3.8, 4) is 5.75 Å². The molecule has 2 aliphatic rings. The molecule has 1 amide bonds. The molecule has 0 spiro atoms. The minimum atomic E-state index is -3.66.